The minimum Gasteiger partial charge on any atom is -0.340 e. The lowest BCUT2D eigenvalue weighted by molar-refractivity contribution is -0.137. The number of hydrogen-bond donors (Lipinski definition) is 2. The average Bonchev–Trinajstić information content (AvgIpc) is 2.62. The fourth-order valence-corrected chi connectivity index (χ4v) is 2.36. The quantitative estimate of drug-likeness (QED) is 0.628. The molecular weight excluding hydrogens is 341 g/mol. The molecule has 0 unspecified atom stereocenters. The number of rotatable bonds is 5. The van der Waals surface area contributed by atoms with Crippen LogP contribution >= 0.6 is 0 Å². The lowest BCUT2D eigenvalue weighted by Gasteiger charge is -2.11. The molecule has 0 saturated carbocycles. The Morgan fingerprint density at radius 3 is 2.38 bits per heavy atom. The Kier molecular flexibility index (Phi) is 5.06. The monoisotopic (exact) mass is 358 g/mol. The van der Waals surface area contributed by atoms with Crippen LogP contribution in [0.1, 0.15) is 18.1 Å². The summed E-state index contributed by atoms with van der Waals surface area (Å²) in [6.45, 7) is 2.08. The molecule has 134 valence electrons. The predicted octanol–water partition coefficient (Wildman–Crippen LogP) is 5.55. The number of nitrogens with one attached hydrogen (secondary N) is 2. The van der Waals surface area contributed by atoms with Gasteiger partial charge in [0.2, 0.25) is 5.95 Å². The topological polar surface area (TPSA) is 49.8 Å². The van der Waals surface area contributed by atoms with Gasteiger partial charge in [-0.25, -0.2) is 4.98 Å². The first-order valence-corrected chi connectivity index (χ1v) is 8.07. The molecule has 0 spiro atoms. The van der Waals surface area contributed by atoms with E-state index in [4.69, 9.17) is 0 Å². The average molecular weight is 358 g/mol. The number of anilines is 4. The molecule has 26 heavy (non-hydrogen) atoms. The van der Waals surface area contributed by atoms with E-state index >= 15 is 0 Å². The largest absolute Gasteiger partial charge is 0.416 e. The van der Waals surface area contributed by atoms with Gasteiger partial charge in [-0.05, 0) is 48.4 Å². The molecule has 0 radical (unpaired) electrons. The Morgan fingerprint density at radius 2 is 1.69 bits per heavy atom. The van der Waals surface area contributed by atoms with E-state index in [-0.39, 0.29) is 0 Å². The molecule has 0 atom stereocenters. The molecule has 0 aliphatic carbocycles. The van der Waals surface area contributed by atoms with Crippen LogP contribution in [0.3, 0.4) is 0 Å². The van der Waals surface area contributed by atoms with Gasteiger partial charge in [0.15, 0.2) is 0 Å². The number of aromatic nitrogens is 2. The van der Waals surface area contributed by atoms with Gasteiger partial charge in [0, 0.05) is 17.6 Å². The molecule has 3 aromatic rings. The third-order valence-corrected chi connectivity index (χ3v) is 3.74. The molecule has 0 aliphatic heterocycles. The van der Waals surface area contributed by atoms with Crippen molar-refractivity contribution in [1.29, 1.82) is 0 Å². The maximum Gasteiger partial charge on any atom is 0.416 e. The minimum atomic E-state index is -4.39. The molecule has 3 rings (SSSR count). The van der Waals surface area contributed by atoms with E-state index in [9.17, 15) is 13.2 Å². The van der Waals surface area contributed by atoms with Crippen LogP contribution in [0.5, 0.6) is 0 Å². The summed E-state index contributed by atoms with van der Waals surface area (Å²) in [4.78, 5) is 8.42. The molecule has 0 amide bonds. The van der Waals surface area contributed by atoms with Crippen LogP contribution in [-0.4, -0.2) is 9.97 Å². The van der Waals surface area contributed by atoms with Crippen LogP contribution in [0.4, 0.5) is 36.3 Å². The maximum absolute atomic E-state index is 12.8. The summed E-state index contributed by atoms with van der Waals surface area (Å²) in [5.41, 5.74) is 1.64. The molecule has 7 heteroatoms. The second-order valence-electron chi connectivity index (χ2n) is 5.64. The second kappa shape index (κ2) is 7.43. The summed E-state index contributed by atoms with van der Waals surface area (Å²) < 4.78 is 38.4. The van der Waals surface area contributed by atoms with Crippen molar-refractivity contribution in [2.24, 2.45) is 0 Å². The number of aryl methyl sites for hydroxylation is 1. The third kappa shape index (κ3) is 4.50. The van der Waals surface area contributed by atoms with Gasteiger partial charge in [-0.1, -0.05) is 25.1 Å². The molecule has 2 aromatic carbocycles. The van der Waals surface area contributed by atoms with E-state index in [0.717, 1.165) is 24.2 Å². The van der Waals surface area contributed by atoms with Crippen LogP contribution in [0.25, 0.3) is 0 Å². The summed E-state index contributed by atoms with van der Waals surface area (Å²) in [5, 5.41) is 5.94. The first kappa shape index (κ1) is 17.7. The van der Waals surface area contributed by atoms with E-state index in [0.29, 0.717) is 17.5 Å². The van der Waals surface area contributed by atoms with Gasteiger partial charge in [-0.15, -0.1) is 0 Å². The van der Waals surface area contributed by atoms with Gasteiger partial charge in [-0.3, -0.25) is 0 Å². The van der Waals surface area contributed by atoms with Crippen LogP contribution < -0.4 is 10.6 Å². The van der Waals surface area contributed by atoms with Gasteiger partial charge in [-0.2, -0.15) is 18.2 Å². The number of hydrogen-bond acceptors (Lipinski definition) is 4. The van der Waals surface area contributed by atoms with Gasteiger partial charge in [0.1, 0.15) is 5.82 Å². The summed E-state index contributed by atoms with van der Waals surface area (Å²) in [7, 11) is 0. The van der Waals surface area contributed by atoms with Gasteiger partial charge in [0.25, 0.3) is 0 Å². The Labute approximate surface area is 149 Å². The molecule has 0 aliphatic rings. The van der Waals surface area contributed by atoms with E-state index in [1.54, 1.807) is 12.1 Å². The minimum absolute atomic E-state index is 0.303. The highest BCUT2D eigenvalue weighted by atomic mass is 19.4. The smallest absolute Gasteiger partial charge is 0.340 e. The fourth-order valence-electron chi connectivity index (χ4n) is 2.36. The molecule has 0 saturated heterocycles. The second-order valence-corrected chi connectivity index (χ2v) is 5.64. The summed E-state index contributed by atoms with van der Waals surface area (Å²) in [6.07, 6.45) is -1.90. The Morgan fingerprint density at radius 1 is 0.923 bits per heavy atom. The van der Waals surface area contributed by atoms with Crippen molar-refractivity contribution in [3.05, 3.63) is 71.9 Å². The molecule has 1 heterocycles. The van der Waals surface area contributed by atoms with E-state index < -0.39 is 11.7 Å². The molecular formula is C19H17F3N4. The maximum atomic E-state index is 12.8. The van der Waals surface area contributed by atoms with Crippen molar-refractivity contribution in [3.8, 4) is 0 Å². The fraction of sp³-hybridized carbons (Fsp3) is 0.158. The van der Waals surface area contributed by atoms with Crippen molar-refractivity contribution in [1.82, 2.24) is 9.97 Å². The summed E-state index contributed by atoms with van der Waals surface area (Å²) in [6, 6.07) is 14.4. The standard InChI is InChI=1S/C19H17F3N4/c1-2-13-6-8-15(9-7-13)25-18-23-11-10-17(26-18)24-16-5-3-4-14(12-16)19(20,21)22/h3-12H,2H2,1H3,(H2,23,24,25,26). The Bertz CT molecular complexity index is 876. The Hall–Kier alpha value is -3.09. The van der Waals surface area contributed by atoms with Crippen molar-refractivity contribution in [3.63, 3.8) is 0 Å². The van der Waals surface area contributed by atoms with Crippen LogP contribution in [0, 0.1) is 0 Å². The highest BCUT2D eigenvalue weighted by Gasteiger charge is 2.30. The molecule has 0 fully saturated rings. The SMILES string of the molecule is CCc1ccc(Nc2nccc(Nc3cccc(C(F)(F)F)c3)n2)cc1. The lowest BCUT2D eigenvalue weighted by Crippen LogP contribution is -2.05. The normalized spacial score (nSPS) is 11.2. The van der Waals surface area contributed by atoms with Crippen molar-refractivity contribution >= 4 is 23.1 Å². The molecule has 0 bridgehead atoms. The van der Waals surface area contributed by atoms with Gasteiger partial charge >= 0.3 is 6.18 Å². The highest BCUT2D eigenvalue weighted by Crippen LogP contribution is 2.31. The third-order valence-electron chi connectivity index (χ3n) is 3.74. The van der Waals surface area contributed by atoms with Crippen LogP contribution in [0.2, 0.25) is 0 Å². The van der Waals surface area contributed by atoms with Gasteiger partial charge in [0.05, 0.1) is 5.56 Å². The number of alkyl halides is 3. The predicted molar refractivity (Wildman–Crippen MR) is 95.9 cm³/mol. The molecule has 1 aromatic heterocycles. The first-order valence-electron chi connectivity index (χ1n) is 8.07. The first-order chi connectivity index (χ1) is 12.4. The number of halogens is 3. The highest BCUT2D eigenvalue weighted by molar-refractivity contribution is 5.60. The zero-order chi connectivity index (χ0) is 18.6. The summed E-state index contributed by atoms with van der Waals surface area (Å²) in [5.74, 6) is 0.748. The lowest BCUT2D eigenvalue weighted by atomic mass is 10.1. The zero-order valence-corrected chi connectivity index (χ0v) is 14.0. The van der Waals surface area contributed by atoms with E-state index in [1.165, 1.54) is 17.8 Å². The van der Waals surface area contributed by atoms with E-state index in [1.807, 2.05) is 24.3 Å². The van der Waals surface area contributed by atoms with Crippen LogP contribution in [0.15, 0.2) is 60.8 Å². The van der Waals surface area contributed by atoms with Crippen molar-refractivity contribution in [2.75, 3.05) is 10.6 Å². The van der Waals surface area contributed by atoms with Crippen LogP contribution in [-0.2, 0) is 12.6 Å². The number of nitrogens with zero attached hydrogens (tertiary/aromatic N) is 2. The Balaban J connectivity index is 1.75. The molecule has 4 nitrogen and oxygen atoms in total. The van der Waals surface area contributed by atoms with E-state index in [2.05, 4.69) is 27.5 Å². The van der Waals surface area contributed by atoms with Crippen molar-refractivity contribution in [2.45, 2.75) is 19.5 Å². The molecule has 2 N–H and O–H groups in total. The zero-order valence-electron chi connectivity index (χ0n) is 14.0. The summed E-state index contributed by atoms with van der Waals surface area (Å²) >= 11 is 0. The van der Waals surface area contributed by atoms with Crippen molar-refractivity contribution < 1.29 is 13.2 Å². The van der Waals surface area contributed by atoms with Gasteiger partial charge < -0.3 is 10.6 Å². The number of benzene rings is 2.